The molecule has 176 valence electrons. The topological polar surface area (TPSA) is 56.1 Å². The summed E-state index contributed by atoms with van der Waals surface area (Å²) in [6.07, 6.45) is 8.43. The Morgan fingerprint density at radius 2 is 1.91 bits per heavy atom. The van der Waals surface area contributed by atoms with E-state index in [9.17, 15) is 4.79 Å². The number of aryl methyl sites for hydroxylation is 4. The summed E-state index contributed by atoms with van der Waals surface area (Å²) >= 11 is 0. The Morgan fingerprint density at radius 3 is 2.73 bits per heavy atom. The van der Waals surface area contributed by atoms with Crippen LogP contribution in [0, 0.1) is 19.8 Å². The van der Waals surface area contributed by atoms with Crippen molar-refractivity contribution in [2.24, 2.45) is 5.92 Å². The van der Waals surface area contributed by atoms with E-state index in [1.54, 1.807) is 0 Å². The molecule has 0 radical (unpaired) electrons. The van der Waals surface area contributed by atoms with Gasteiger partial charge in [0.1, 0.15) is 11.6 Å². The lowest BCUT2D eigenvalue weighted by molar-refractivity contribution is -0.122. The Labute approximate surface area is 197 Å². The molecule has 5 nitrogen and oxygen atoms in total. The number of para-hydroxylation sites is 2. The van der Waals surface area contributed by atoms with Crippen molar-refractivity contribution >= 4 is 16.9 Å². The number of hydrogen-bond acceptors (Lipinski definition) is 3. The minimum Gasteiger partial charge on any atom is -0.493 e. The van der Waals surface area contributed by atoms with Crippen LogP contribution in [0.15, 0.2) is 42.5 Å². The lowest BCUT2D eigenvalue weighted by Crippen LogP contribution is -2.25. The summed E-state index contributed by atoms with van der Waals surface area (Å²) in [6, 6.07) is 14.8. The van der Waals surface area contributed by atoms with Crippen molar-refractivity contribution < 1.29 is 9.53 Å². The van der Waals surface area contributed by atoms with Crippen molar-refractivity contribution in [1.29, 1.82) is 0 Å². The number of carbonyl (C=O) groups excluding carboxylic acids is 1. The number of nitrogens with zero attached hydrogens (tertiary/aromatic N) is 2. The molecule has 1 aliphatic carbocycles. The molecule has 33 heavy (non-hydrogen) atoms. The van der Waals surface area contributed by atoms with Gasteiger partial charge >= 0.3 is 0 Å². The highest BCUT2D eigenvalue weighted by molar-refractivity contribution is 5.80. The SMILES string of the molecule is Cc1ccc(OCCCCn2c(CCCCCNC(=O)C3CC3)nc3ccccc32)c(C)c1. The zero-order chi connectivity index (χ0) is 23.0. The van der Waals surface area contributed by atoms with Gasteiger partial charge in [0.05, 0.1) is 17.6 Å². The molecule has 1 N–H and O–H groups in total. The maximum absolute atomic E-state index is 11.7. The van der Waals surface area contributed by atoms with Gasteiger partial charge < -0.3 is 14.6 Å². The van der Waals surface area contributed by atoms with Crippen LogP contribution >= 0.6 is 0 Å². The van der Waals surface area contributed by atoms with Gasteiger partial charge in [-0.15, -0.1) is 0 Å². The second-order valence-corrected chi connectivity index (χ2v) is 9.37. The Balaban J connectivity index is 1.23. The van der Waals surface area contributed by atoms with Crippen LogP contribution in [-0.4, -0.2) is 28.6 Å². The van der Waals surface area contributed by atoms with Crippen LogP contribution in [0.2, 0.25) is 0 Å². The number of nitrogens with one attached hydrogen (secondary N) is 1. The van der Waals surface area contributed by atoms with E-state index in [0.717, 1.165) is 82.3 Å². The number of benzene rings is 2. The maximum atomic E-state index is 11.7. The van der Waals surface area contributed by atoms with Crippen LogP contribution in [0.5, 0.6) is 5.75 Å². The molecule has 5 heteroatoms. The molecule has 0 saturated heterocycles. The molecule has 1 saturated carbocycles. The molecule has 1 aliphatic rings. The first-order chi connectivity index (χ1) is 16.1. The fourth-order valence-electron chi connectivity index (χ4n) is 4.37. The van der Waals surface area contributed by atoms with Crippen molar-refractivity contribution in [2.75, 3.05) is 13.2 Å². The zero-order valence-corrected chi connectivity index (χ0v) is 20.1. The normalized spacial score (nSPS) is 13.4. The van der Waals surface area contributed by atoms with Gasteiger partial charge in [0.2, 0.25) is 5.91 Å². The molecule has 1 amide bonds. The number of hydrogen-bond donors (Lipinski definition) is 1. The maximum Gasteiger partial charge on any atom is 0.223 e. The zero-order valence-electron chi connectivity index (χ0n) is 20.1. The van der Waals surface area contributed by atoms with Gasteiger partial charge in [-0.05, 0) is 76.1 Å². The van der Waals surface area contributed by atoms with E-state index >= 15 is 0 Å². The Hall–Kier alpha value is -2.82. The number of aromatic nitrogens is 2. The van der Waals surface area contributed by atoms with E-state index < -0.39 is 0 Å². The van der Waals surface area contributed by atoms with E-state index in [1.165, 1.54) is 22.5 Å². The fraction of sp³-hybridized carbons (Fsp3) is 0.500. The second kappa shape index (κ2) is 11.4. The summed E-state index contributed by atoms with van der Waals surface area (Å²) in [5, 5.41) is 3.06. The lowest BCUT2D eigenvalue weighted by Gasteiger charge is -2.12. The highest BCUT2D eigenvalue weighted by Gasteiger charge is 2.28. The van der Waals surface area contributed by atoms with E-state index in [4.69, 9.17) is 9.72 Å². The van der Waals surface area contributed by atoms with E-state index in [0.29, 0.717) is 5.92 Å². The summed E-state index contributed by atoms with van der Waals surface area (Å²) in [5.74, 6) is 2.71. The average molecular weight is 448 g/mol. The van der Waals surface area contributed by atoms with Crippen LogP contribution in [0.1, 0.15) is 61.9 Å². The molecule has 4 rings (SSSR count). The van der Waals surface area contributed by atoms with Gasteiger partial charge in [-0.2, -0.15) is 0 Å². The van der Waals surface area contributed by atoms with Crippen LogP contribution in [-0.2, 0) is 17.8 Å². The average Bonchev–Trinajstić information content (AvgIpc) is 3.60. The number of imidazole rings is 1. The van der Waals surface area contributed by atoms with E-state index in [-0.39, 0.29) is 5.91 Å². The van der Waals surface area contributed by atoms with Crippen molar-refractivity contribution in [3.05, 3.63) is 59.4 Å². The first kappa shape index (κ1) is 23.3. The number of carbonyl (C=O) groups is 1. The predicted molar refractivity (Wildman–Crippen MR) is 134 cm³/mol. The molecule has 0 aliphatic heterocycles. The Morgan fingerprint density at radius 1 is 1.06 bits per heavy atom. The largest absolute Gasteiger partial charge is 0.493 e. The lowest BCUT2D eigenvalue weighted by atomic mass is 10.1. The third-order valence-corrected chi connectivity index (χ3v) is 6.42. The highest BCUT2D eigenvalue weighted by atomic mass is 16.5. The van der Waals surface area contributed by atoms with Gasteiger partial charge in [0.15, 0.2) is 0 Å². The number of fused-ring (bicyclic) bond motifs is 1. The van der Waals surface area contributed by atoms with Gasteiger partial charge in [0.25, 0.3) is 0 Å². The summed E-state index contributed by atoms with van der Waals surface area (Å²) < 4.78 is 8.40. The molecule has 1 heterocycles. The number of rotatable bonds is 13. The van der Waals surface area contributed by atoms with Gasteiger partial charge in [-0.25, -0.2) is 4.98 Å². The standard InChI is InChI=1S/C28H37N3O2/c1-21-13-16-26(22(2)20-21)33-19-9-8-18-31-25-11-6-5-10-24(25)30-27(31)12-4-3-7-17-29-28(32)23-14-15-23/h5-6,10-11,13,16,20,23H,3-4,7-9,12,14-15,17-19H2,1-2H3,(H,29,32). The van der Waals surface area contributed by atoms with Crippen LogP contribution in [0.4, 0.5) is 0 Å². The molecule has 0 spiro atoms. The monoisotopic (exact) mass is 447 g/mol. The quantitative estimate of drug-likeness (QED) is 0.339. The molecule has 0 atom stereocenters. The van der Waals surface area contributed by atoms with Crippen molar-refractivity contribution in [3.63, 3.8) is 0 Å². The molecule has 2 aromatic carbocycles. The molecule has 0 unspecified atom stereocenters. The number of ether oxygens (including phenoxy) is 1. The summed E-state index contributed by atoms with van der Waals surface area (Å²) in [7, 11) is 0. The second-order valence-electron chi connectivity index (χ2n) is 9.37. The minimum absolute atomic E-state index is 0.248. The smallest absolute Gasteiger partial charge is 0.223 e. The van der Waals surface area contributed by atoms with Gasteiger partial charge in [-0.1, -0.05) is 36.2 Å². The van der Waals surface area contributed by atoms with Crippen LogP contribution in [0.3, 0.4) is 0 Å². The molecule has 0 bridgehead atoms. The third kappa shape index (κ3) is 6.59. The number of unbranched alkanes of at least 4 members (excludes halogenated alkanes) is 3. The molecular formula is C28H37N3O2. The summed E-state index contributed by atoms with van der Waals surface area (Å²) in [4.78, 5) is 16.6. The fourth-order valence-corrected chi connectivity index (χ4v) is 4.37. The highest BCUT2D eigenvalue weighted by Crippen LogP contribution is 2.28. The van der Waals surface area contributed by atoms with E-state index in [1.807, 2.05) is 0 Å². The summed E-state index contributed by atoms with van der Waals surface area (Å²) in [5.41, 5.74) is 4.77. The van der Waals surface area contributed by atoms with Crippen molar-refractivity contribution in [2.45, 2.75) is 71.8 Å². The predicted octanol–water partition coefficient (Wildman–Crippen LogP) is 5.75. The van der Waals surface area contributed by atoms with Crippen molar-refractivity contribution in [1.82, 2.24) is 14.9 Å². The summed E-state index contributed by atoms with van der Waals surface area (Å²) in [6.45, 7) is 6.71. The Kier molecular flexibility index (Phi) is 8.03. The molecule has 1 fully saturated rings. The van der Waals surface area contributed by atoms with E-state index in [2.05, 4.69) is 66.2 Å². The van der Waals surface area contributed by atoms with Crippen LogP contribution in [0.25, 0.3) is 11.0 Å². The van der Waals surface area contributed by atoms with Crippen LogP contribution < -0.4 is 10.1 Å². The molecular weight excluding hydrogens is 410 g/mol. The third-order valence-electron chi connectivity index (χ3n) is 6.42. The van der Waals surface area contributed by atoms with Crippen molar-refractivity contribution in [3.8, 4) is 5.75 Å². The first-order valence-electron chi connectivity index (χ1n) is 12.5. The number of amides is 1. The minimum atomic E-state index is 0.248. The van der Waals surface area contributed by atoms with Gasteiger partial charge in [0, 0.05) is 25.4 Å². The Bertz CT molecular complexity index is 1070. The first-order valence-corrected chi connectivity index (χ1v) is 12.5. The molecule has 3 aromatic rings. The van der Waals surface area contributed by atoms with Gasteiger partial charge in [-0.3, -0.25) is 4.79 Å². The molecule has 1 aromatic heterocycles.